The summed E-state index contributed by atoms with van der Waals surface area (Å²) in [5, 5.41) is 1.39. The molecule has 0 aliphatic rings. The van der Waals surface area contributed by atoms with Crippen LogP contribution in [0.3, 0.4) is 0 Å². The first-order valence-electron chi connectivity index (χ1n) is 5.40. The van der Waals surface area contributed by atoms with E-state index < -0.39 is 0 Å². The van der Waals surface area contributed by atoms with Crippen molar-refractivity contribution in [1.82, 2.24) is 4.98 Å². The summed E-state index contributed by atoms with van der Waals surface area (Å²) >= 11 is 7.22. The monoisotopic (exact) mass is 282 g/mol. The molecule has 0 fully saturated rings. The van der Waals surface area contributed by atoms with Crippen LogP contribution < -0.4 is 5.73 Å². The molecule has 0 spiro atoms. The van der Waals surface area contributed by atoms with Crippen molar-refractivity contribution in [1.29, 1.82) is 0 Å². The summed E-state index contributed by atoms with van der Waals surface area (Å²) in [6, 6.07) is 7.96. The molecule has 18 heavy (non-hydrogen) atoms. The van der Waals surface area contributed by atoms with E-state index in [2.05, 4.69) is 4.98 Å². The van der Waals surface area contributed by atoms with Gasteiger partial charge in [-0.1, -0.05) is 23.4 Å². The first kappa shape index (κ1) is 13.3. The molecule has 1 atom stereocenters. The third-order valence-corrected chi connectivity index (χ3v) is 3.64. The average molecular weight is 283 g/mol. The summed E-state index contributed by atoms with van der Waals surface area (Å²) in [5.74, 6) is -0.282. The van der Waals surface area contributed by atoms with Gasteiger partial charge in [-0.25, -0.2) is 9.37 Å². The Morgan fingerprint density at radius 3 is 2.72 bits per heavy atom. The highest BCUT2D eigenvalue weighted by molar-refractivity contribution is 7.99. The molecule has 0 unspecified atom stereocenters. The number of rotatable bonds is 3. The molecular formula is C13H12ClFN2S. The van der Waals surface area contributed by atoms with Gasteiger partial charge in [-0.2, -0.15) is 0 Å². The fourth-order valence-electron chi connectivity index (χ4n) is 1.50. The van der Waals surface area contributed by atoms with Crippen LogP contribution in [0, 0.1) is 5.82 Å². The van der Waals surface area contributed by atoms with E-state index in [1.165, 1.54) is 23.9 Å². The molecule has 1 aromatic carbocycles. The highest BCUT2D eigenvalue weighted by Gasteiger charge is 2.10. The van der Waals surface area contributed by atoms with E-state index in [1.54, 1.807) is 18.3 Å². The van der Waals surface area contributed by atoms with Gasteiger partial charge in [0.2, 0.25) is 0 Å². The van der Waals surface area contributed by atoms with E-state index in [9.17, 15) is 4.39 Å². The molecule has 94 valence electrons. The number of pyridine rings is 1. The van der Waals surface area contributed by atoms with Crippen LogP contribution in [-0.2, 0) is 0 Å². The summed E-state index contributed by atoms with van der Waals surface area (Å²) in [6.07, 6.45) is 1.58. The van der Waals surface area contributed by atoms with Gasteiger partial charge in [-0.15, -0.1) is 0 Å². The zero-order chi connectivity index (χ0) is 13.1. The highest BCUT2D eigenvalue weighted by Crippen LogP contribution is 2.32. The Kier molecular flexibility index (Phi) is 4.22. The molecule has 1 aromatic heterocycles. The smallest absolute Gasteiger partial charge is 0.123 e. The number of nitrogens with two attached hydrogens (primary N) is 1. The van der Waals surface area contributed by atoms with E-state index in [1.807, 2.05) is 13.0 Å². The predicted molar refractivity (Wildman–Crippen MR) is 72.4 cm³/mol. The van der Waals surface area contributed by atoms with Crippen LogP contribution in [0.1, 0.15) is 18.5 Å². The lowest BCUT2D eigenvalue weighted by Crippen LogP contribution is -2.06. The SMILES string of the molecule is C[C@@H](N)c1cc(F)ccc1Sc1ccc(Cl)cn1. The summed E-state index contributed by atoms with van der Waals surface area (Å²) < 4.78 is 13.2. The summed E-state index contributed by atoms with van der Waals surface area (Å²) in [4.78, 5) is 5.10. The van der Waals surface area contributed by atoms with E-state index in [-0.39, 0.29) is 11.9 Å². The maximum Gasteiger partial charge on any atom is 0.123 e. The second-order valence-electron chi connectivity index (χ2n) is 3.89. The number of benzene rings is 1. The summed E-state index contributed by atoms with van der Waals surface area (Å²) in [5.41, 5.74) is 6.61. The van der Waals surface area contributed by atoms with Crippen LogP contribution >= 0.6 is 23.4 Å². The minimum absolute atomic E-state index is 0.226. The largest absolute Gasteiger partial charge is 0.324 e. The fourth-order valence-corrected chi connectivity index (χ4v) is 2.58. The molecule has 0 amide bonds. The van der Waals surface area contributed by atoms with E-state index in [0.29, 0.717) is 5.02 Å². The number of halogens is 2. The van der Waals surface area contributed by atoms with Crippen molar-refractivity contribution in [2.24, 2.45) is 5.73 Å². The van der Waals surface area contributed by atoms with E-state index >= 15 is 0 Å². The molecule has 0 saturated heterocycles. The molecule has 0 aliphatic heterocycles. The first-order valence-corrected chi connectivity index (χ1v) is 6.60. The number of aromatic nitrogens is 1. The number of hydrogen-bond acceptors (Lipinski definition) is 3. The van der Waals surface area contributed by atoms with Crippen molar-refractivity contribution in [2.45, 2.75) is 22.9 Å². The Bertz CT molecular complexity index is 543. The van der Waals surface area contributed by atoms with Crippen LogP contribution in [0.4, 0.5) is 4.39 Å². The maximum absolute atomic E-state index is 13.2. The zero-order valence-electron chi connectivity index (χ0n) is 9.73. The van der Waals surface area contributed by atoms with Crippen molar-refractivity contribution in [2.75, 3.05) is 0 Å². The van der Waals surface area contributed by atoms with Gasteiger partial charge in [0.15, 0.2) is 0 Å². The molecule has 0 saturated carbocycles. The highest BCUT2D eigenvalue weighted by atomic mass is 35.5. The van der Waals surface area contributed by atoms with Crippen molar-refractivity contribution in [3.05, 3.63) is 52.9 Å². The third kappa shape index (κ3) is 3.22. The van der Waals surface area contributed by atoms with Crippen molar-refractivity contribution in [3.8, 4) is 0 Å². The molecule has 2 nitrogen and oxygen atoms in total. The van der Waals surface area contributed by atoms with Crippen LogP contribution in [-0.4, -0.2) is 4.98 Å². The molecule has 5 heteroatoms. The molecule has 0 bridgehead atoms. The minimum Gasteiger partial charge on any atom is -0.324 e. The van der Waals surface area contributed by atoms with E-state index in [4.69, 9.17) is 17.3 Å². The van der Waals surface area contributed by atoms with Crippen LogP contribution in [0.5, 0.6) is 0 Å². The normalized spacial score (nSPS) is 12.4. The lowest BCUT2D eigenvalue weighted by Gasteiger charge is -2.12. The second kappa shape index (κ2) is 5.69. The molecule has 1 heterocycles. The molecule has 0 aliphatic carbocycles. The van der Waals surface area contributed by atoms with Gasteiger partial charge in [0, 0.05) is 17.1 Å². The van der Waals surface area contributed by atoms with Gasteiger partial charge >= 0.3 is 0 Å². The van der Waals surface area contributed by atoms with Crippen molar-refractivity contribution in [3.63, 3.8) is 0 Å². The maximum atomic E-state index is 13.2. The lowest BCUT2D eigenvalue weighted by molar-refractivity contribution is 0.619. The standard InChI is InChI=1S/C13H12ClFN2S/c1-8(16)11-6-10(15)3-4-12(11)18-13-5-2-9(14)7-17-13/h2-8H,16H2,1H3/t8-/m1/s1. The summed E-state index contributed by atoms with van der Waals surface area (Å²) in [7, 11) is 0. The summed E-state index contributed by atoms with van der Waals surface area (Å²) in [6.45, 7) is 1.83. The van der Waals surface area contributed by atoms with Gasteiger partial charge in [-0.05, 0) is 42.8 Å². The second-order valence-corrected chi connectivity index (χ2v) is 5.39. The average Bonchev–Trinajstić information content (AvgIpc) is 2.34. The van der Waals surface area contributed by atoms with Gasteiger partial charge in [0.1, 0.15) is 10.8 Å². The van der Waals surface area contributed by atoms with E-state index in [0.717, 1.165) is 15.5 Å². The van der Waals surface area contributed by atoms with Gasteiger partial charge in [0.05, 0.1) is 5.02 Å². The molecule has 2 N–H and O–H groups in total. The Labute approximate surface area is 114 Å². The first-order chi connectivity index (χ1) is 8.56. The Balaban J connectivity index is 2.31. The van der Waals surface area contributed by atoms with Gasteiger partial charge in [-0.3, -0.25) is 0 Å². The molecule has 0 radical (unpaired) electrons. The Morgan fingerprint density at radius 1 is 1.33 bits per heavy atom. The van der Waals surface area contributed by atoms with Crippen LogP contribution in [0.15, 0.2) is 46.5 Å². The quantitative estimate of drug-likeness (QED) is 0.923. The third-order valence-electron chi connectivity index (χ3n) is 2.38. The van der Waals surface area contributed by atoms with Crippen molar-refractivity contribution >= 4 is 23.4 Å². The minimum atomic E-state index is -0.282. The predicted octanol–water partition coefficient (Wildman–Crippen LogP) is 4.05. The van der Waals surface area contributed by atoms with Crippen LogP contribution in [0.2, 0.25) is 5.02 Å². The van der Waals surface area contributed by atoms with Crippen molar-refractivity contribution < 1.29 is 4.39 Å². The molecule has 2 rings (SSSR count). The van der Waals surface area contributed by atoms with Gasteiger partial charge in [0.25, 0.3) is 0 Å². The lowest BCUT2D eigenvalue weighted by atomic mass is 10.1. The van der Waals surface area contributed by atoms with Crippen LogP contribution in [0.25, 0.3) is 0 Å². The molecular weight excluding hydrogens is 271 g/mol. The fraction of sp³-hybridized carbons (Fsp3) is 0.154. The topological polar surface area (TPSA) is 38.9 Å². The van der Waals surface area contributed by atoms with Gasteiger partial charge < -0.3 is 5.73 Å². The number of hydrogen-bond donors (Lipinski definition) is 1. The zero-order valence-corrected chi connectivity index (χ0v) is 11.3. The molecule has 2 aromatic rings. The number of nitrogens with zero attached hydrogens (tertiary/aromatic N) is 1. The Hall–Kier alpha value is -1.10. The Morgan fingerprint density at radius 2 is 2.11 bits per heavy atom.